The first-order valence-corrected chi connectivity index (χ1v) is 10.6. The summed E-state index contributed by atoms with van der Waals surface area (Å²) < 4.78 is 68.5. The fourth-order valence-electron chi connectivity index (χ4n) is 2.69. The van der Waals surface area contributed by atoms with Crippen LogP contribution in [0.2, 0.25) is 0 Å². The summed E-state index contributed by atoms with van der Waals surface area (Å²) in [7, 11) is -1.66. The number of sulfone groups is 1. The van der Waals surface area contributed by atoms with Crippen molar-refractivity contribution in [1.82, 2.24) is 14.8 Å². The van der Waals surface area contributed by atoms with Crippen molar-refractivity contribution in [2.75, 3.05) is 19.1 Å². The van der Waals surface area contributed by atoms with Gasteiger partial charge in [-0.2, -0.15) is 18.3 Å². The molecule has 0 atom stereocenters. The Morgan fingerprint density at radius 2 is 1.79 bits per heavy atom. The summed E-state index contributed by atoms with van der Waals surface area (Å²) in [6.07, 6.45) is -1.75. The molecule has 29 heavy (non-hydrogen) atoms. The van der Waals surface area contributed by atoms with Gasteiger partial charge in [-0.3, -0.25) is 0 Å². The minimum absolute atomic E-state index is 0.0000186. The largest absolute Gasteiger partial charge is 0.481 e. The van der Waals surface area contributed by atoms with Gasteiger partial charge in [0.25, 0.3) is 0 Å². The summed E-state index contributed by atoms with van der Waals surface area (Å²) >= 11 is 0. The van der Waals surface area contributed by atoms with E-state index in [-0.39, 0.29) is 11.4 Å². The molecule has 0 amide bonds. The van der Waals surface area contributed by atoms with Gasteiger partial charge in [-0.15, -0.1) is 0 Å². The Balaban J connectivity index is 2.00. The zero-order chi connectivity index (χ0) is 21.2. The standard InChI is InChI=1S/C19H18F3N3O3S/c1-28-18-8-7-15(12-23-18)25-16(11-17(24-25)19(20,21)22)14-5-3-13(4-6-14)9-10-29(2,26)27/h3-8,11-12H,9-10H2,1-2H3. The van der Waals surface area contributed by atoms with Crippen molar-refractivity contribution in [3.8, 4) is 22.8 Å². The van der Waals surface area contributed by atoms with Crippen LogP contribution >= 0.6 is 0 Å². The van der Waals surface area contributed by atoms with Gasteiger partial charge in [-0.1, -0.05) is 24.3 Å². The molecule has 0 spiro atoms. The number of aromatic nitrogens is 3. The highest BCUT2D eigenvalue weighted by Gasteiger charge is 2.35. The quantitative estimate of drug-likeness (QED) is 0.604. The van der Waals surface area contributed by atoms with Gasteiger partial charge in [0.15, 0.2) is 5.69 Å². The summed E-state index contributed by atoms with van der Waals surface area (Å²) in [4.78, 5) is 4.02. The van der Waals surface area contributed by atoms with E-state index in [0.29, 0.717) is 23.6 Å². The molecule has 6 nitrogen and oxygen atoms in total. The fraction of sp³-hybridized carbons (Fsp3) is 0.263. The summed E-state index contributed by atoms with van der Waals surface area (Å²) in [5.74, 6) is 0.328. The van der Waals surface area contributed by atoms with Gasteiger partial charge in [0.1, 0.15) is 9.84 Å². The van der Waals surface area contributed by atoms with Crippen LogP contribution in [0.15, 0.2) is 48.7 Å². The molecule has 0 saturated heterocycles. The zero-order valence-electron chi connectivity index (χ0n) is 15.6. The van der Waals surface area contributed by atoms with Crippen LogP contribution in [0.3, 0.4) is 0 Å². The third-order valence-electron chi connectivity index (χ3n) is 4.19. The summed E-state index contributed by atoms with van der Waals surface area (Å²) in [6, 6.07) is 10.7. The van der Waals surface area contributed by atoms with Crippen molar-refractivity contribution in [1.29, 1.82) is 0 Å². The second kappa shape index (κ2) is 7.86. The van der Waals surface area contributed by atoms with Gasteiger partial charge in [0.2, 0.25) is 5.88 Å². The molecule has 2 heterocycles. The molecule has 0 radical (unpaired) electrons. The average molecular weight is 425 g/mol. The van der Waals surface area contributed by atoms with Gasteiger partial charge in [-0.05, 0) is 24.1 Å². The first-order valence-electron chi connectivity index (χ1n) is 8.51. The normalized spacial score (nSPS) is 12.2. The van der Waals surface area contributed by atoms with Crippen molar-refractivity contribution in [3.63, 3.8) is 0 Å². The Morgan fingerprint density at radius 1 is 1.10 bits per heavy atom. The van der Waals surface area contributed by atoms with Crippen LogP contribution in [-0.2, 0) is 22.4 Å². The number of alkyl halides is 3. The van der Waals surface area contributed by atoms with E-state index in [0.717, 1.165) is 17.9 Å². The van der Waals surface area contributed by atoms with Gasteiger partial charge in [0, 0.05) is 17.9 Å². The Morgan fingerprint density at radius 3 is 2.31 bits per heavy atom. The monoisotopic (exact) mass is 425 g/mol. The molecule has 0 aliphatic rings. The van der Waals surface area contributed by atoms with E-state index in [1.165, 1.54) is 24.1 Å². The summed E-state index contributed by atoms with van der Waals surface area (Å²) in [6.45, 7) is 0. The number of methoxy groups -OCH3 is 1. The van der Waals surface area contributed by atoms with Crippen LogP contribution < -0.4 is 4.74 Å². The van der Waals surface area contributed by atoms with Crippen molar-refractivity contribution in [2.45, 2.75) is 12.6 Å². The van der Waals surface area contributed by atoms with Crippen molar-refractivity contribution < 1.29 is 26.3 Å². The van der Waals surface area contributed by atoms with Gasteiger partial charge in [-0.25, -0.2) is 18.1 Å². The maximum Gasteiger partial charge on any atom is 0.435 e. The van der Waals surface area contributed by atoms with Gasteiger partial charge in [0.05, 0.1) is 30.4 Å². The molecule has 0 bridgehead atoms. The molecule has 0 unspecified atom stereocenters. The predicted octanol–water partition coefficient (Wildman–Crippen LogP) is 3.55. The minimum Gasteiger partial charge on any atom is -0.481 e. The summed E-state index contributed by atoms with van der Waals surface area (Å²) in [5, 5.41) is 3.71. The topological polar surface area (TPSA) is 74.1 Å². The minimum atomic E-state index is -4.60. The highest BCUT2D eigenvalue weighted by atomic mass is 32.2. The van der Waals surface area contributed by atoms with Crippen LogP contribution in [0, 0.1) is 0 Å². The van der Waals surface area contributed by atoms with E-state index in [1.54, 1.807) is 30.3 Å². The molecule has 154 valence electrons. The zero-order valence-corrected chi connectivity index (χ0v) is 16.5. The number of aryl methyl sites for hydroxylation is 1. The van der Waals surface area contributed by atoms with Gasteiger partial charge < -0.3 is 4.74 Å². The molecule has 0 aliphatic heterocycles. The lowest BCUT2D eigenvalue weighted by molar-refractivity contribution is -0.141. The smallest absolute Gasteiger partial charge is 0.435 e. The molecule has 0 fully saturated rings. The molecule has 0 aliphatic carbocycles. The number of ether oxygens (including phenoxy) is 1. The Kier molecular flexibility index (Phi) is 5.65. The Bertz CT molecular complexity index is 1090. The van der Waals surface area contributed by atoms with E-state index >= 15 is 0 Å². The highest BCUT2D eigenvalue weighted by Crippen LogP contribution is 2.33. The Labute approximate surface area is 165 Å². The van der Waals surface area contributed by atoms with Crippen LogP contribution in [0.5, 0.6) is 5.88 Å². The maximum atomic E-state index is 13.2. The van der Waals surface area contributed by atoms with E-state index < -0.39 is 21.7 Å². The molecule has 3 rings (SSSR count). The molecule has 2 aromatic heterocycles. The average Bonchev–Trinajstić information content (AvgIpc) is 3.12. The molecular weight excluding hydrogens is 407 g/mol. The van der Waals surface area contributed by atoms with Crippen molar-refractivity contribution >= 4 is 9.84 Å². The number of hydrogen-bond acceptors (Lipinski definition) is 5. The first-order chi connectivity index (χ1) is 13.6. The number of pyridine rings is 1. The maximum absolute atomic E-state index is 13.2. The second-order valence-corrected chi connectivity index (χ2v) is 8.72. The van der Waals surface area contributed by atoms with Crippen LogP contribution in [0.25, 0.3) is 16.9 Å². The first kappa shape index (κ1) is 20.8. The lowest BCUT2D eigenvalue weighted by Gasteiger charge is -2.09. The number of hydrogen-bond donors (Lipinski definition) is 0. The predicted molar refractivity (Wildman–Crippen MR) is 102 cm³/mol. The van der Waals surface area contributed by atoms with Crippen LogP contribution in [-0.4, -0.2) is 42.3 Å². The van der Waals surface area contributed by atoms with E-state index in [2.05, 4.69) is 10.1 Å². The second-order valence-electron chi connectivity index (χ2n) is 6.46. The molecule has 0 saturated carbocycles. The highest BCUT2D eigenvalue weighted by molar-refractivity contribution is 7.90. The molecule has 0 N–H and O–H groups in total. The lowest BCUT2D eigenvalue weighted by Crippen LogP contribution is -2.07. The number of halogens is 3. The van der Waals surface area contributed by atoms with E-state index in [4.69, 9.17) is 4.74 Å². The molecular formula is C19H18F3N3O3S. The molecule has 10 heteroatoms. The number of rotatable bonds is 6. The SMILES string of the molecule is COc1ccc(-n2nc(C(F)(F)F)cc2-c2ccc(CCS(C)(=O)=O)cc2)cn1. The lowest BCUT2D eigenvalue weighted by atomic mass is 10.1. The van der Waals surface area contributed by atoms with Gasteiger partial charge >= 0.3 is 6.18 Å². The van der Waals surface area contributed by atoms with E-state index in [1.807, 2.05) is 0 Å². The summed E-state index contributed by atoms with van der Waals surface area (Å²) in [5.41, 5.74) is 0.834. The molecule has 1 aromatic carbocycles. The van der Waals surface area contributed by atoms with Crippen LogP contribution in [0.1, 0.15) is 11.3 Å². The van der Waals surface area contributed by atoms with E-state index in [9.17, 15) is 21.6 Å². The number of benzene rings is 1. The fourth-order valence-corrected chi connectivity index (χ4v) is 3.29. The Hall–Kier alpha value is -2.88. The van der Waals surface area contributed by atoms with Crippen molar-refractivity contribution in [3.05, 3.63) is 59.9 Å². The third kappa shape index (κ3) is 5.14. The third-order valence-corrected chi connectivity index (χ3v) is 5.13. The number of nitrogens with zero attached hydrogens (tertiary/aromatic N) is 3. The molecule has 3 aromatic rings. The van der Waals surface area contributed by atoms with Crippen molar-refractivity contribution in [2.24, 2.45) is 0 Å². The van der Waals surface area contributed by atoms with Crippen LogP contribution in [0.4, 0.5) is 13.2 Å².